The number of esters is 1. The topological polar surface area (TPSA) is 193 Å². The van der Waals surface area contributed by atoms with E-state index in [1.807, 2.05) is 30.3 Å². The van der Waals surface area contributed by atoms with Gasteiger partial charge in [0, 0.05) is 18.4 Å². The Bertz CT molecular complexity index is 1310. The highest BCUT2D eigenvalue weighted by molar-refractivity contribution is 5.93. The van der Waals surface area contributed by atoms with Crippen molar-refractivity contribution in [1.29, 1.82) is 0 Å². The molecule has 334 valence electrons. The van der Waals surface area contributed by atoms with Gasteiger partial charge in [-0.1, -0.05) is 129 Å². The number of ether oxygens (including phenoxy) is 3. The molecule has 0 radical (unpaired) electrons. The Hall–Kier alpha value is -3.26. The van der Waals surface area contributed by atoms with Crippen molar-refractivity contribution in [3.05, 3.63) is 35.9 Å². The van der Waals surface area contributed by atoms with Crippen molar-refractivity contribution < 1.29 is 48.7 Å². The summed E-state index contributed by atoms with van der Waals surface area (Å²) in [6.45, 7) is 17.0. The first-order valence-corrected chi connectivity index (χ1v) is 21.8. The van der Waals surface area contributed by atoms with Crippen LogP contribution >= 0.6 is 0 Å². The van der Waals surface area contributed by atoms with Crippen LogP contribution in [0.25, 0.3) is 0 Å². The highest BCUT2D eigenvalue weighted by Crippen LogP contribution is 2.25. The molecule has 0 aliphatic rings. The molecule has 1 aromatic rings. The average Bonchev–Trinajstić information content (AvgIpc) is 3.16. The molecule has 3 amide bonds. The summed E-state index contributed by atoms with van der Waals surface area (Å²) < 4.78 is 17.6. The number of hydrogen-bond donors (Lipinski definition) is 6. The van der Waals surface area contributed by atoms with Gasteiger partial charge in [0.25, 0.3) is 0 Å². The number of unbranched alkanes of at least 4 members (excludes halogenated alkanes) is 10. The number of carbonyl (C=O) groups is 4. The molecule has 0 unspecified atom stereocenters. The number of carbonyl (C=O) groups excluding carboxylic acids is 4. The van der Waals surface area contributed by atoms with Gasteiger partial charge in [-0.25, -0.2) is 9.59 Å². The Balaban J connectivity index is 3.25. The molecule has 0 spiro atoms. The molecule has 0 bridgehead atoms. The minimum atomic E-state index is -1.52. The van der Waals surface area contributed by atoms with E-state index in [9.17, 15) is 34.5 Å². The van der Waals surface area contributed by atoms with E-state index < -0.39 is 89.8 Å². The lowest BCUT2D eigenvalue weighted by atomic mass is 9.87. The van der Waals surface area contributed by atoms with Gasteiger partial charge < -0.3 is 45.5 Å². The fourth-order valence-corrected chi connectivity index (χ4v) is 6.63. The van der Waals surface area contributed by atoms with Crippen molar-refractivity contribution in [3.8, 4) is 0 Å². The molecule has 13 nitrogen and oxygen atoms in total. The molecule has 0 aliphatic carbocycles. The van der Waals surface area contributed by atoms with E-state index in [-0.39, 0.29) is 13.2 Å². The highest BCUT2D eigenvalue weighted by Gasteiger charge is 2.38. The lowest BCUT2D eigenvalue weighted by molar-refractivity contribution is -0.164. The van der Waals surface area contributed by atoms with E-state index in [0.717, 1.165) is 31.2 Å². The predicted molar refractivity (Wildman–Crippen MR) is 227 cm³/mol. The van der Waals surface area contributed by atoms with Crippen LogP contribution in [0.3, 0.4) is 0 Å². The summed E-state index contributed by atoms with van der Waals surface area (Å²) >= 11 is 0. The summed E-state index contributed by atoms with van der Waals surface area (Å²) in [5, 5.41) is 39.4. The minimum Gasteiger partial charge on any atom is -0.460 e. The van der Waals surface area contributed by atoms with Gasteiger partial charge in [-0.05, 0) is 58.9 Å². The van der Waals surface area contributed by atoms with Crippen LogP contribution in [0.5, 0.6) is 0 Å². The van der Waals surface area contributed by atoms with Crippen molar-refractivity contribution in [3.63, 3.8) is 0 Å². The van der Waals surface area contributed by atoms with Crippen LogP contribution in [0.4, 0.5) is 4.79 Å². The highest BCUT2D eigenvalue weighted by atomic mass is 16.6. The molecular formula is C45H79N3O10. The molecule has 0 aliphatic heterocycles. The molecule has 0 heterocycles. The summed E-state index contributed by atoms with van der Waals surface area (Å²) in [5.41, 5.74) is 0.0228. The summed E-state index contributed by atoms with van der Waals surface area (Å²) in [4.78, 5) is 54.2. The van der Waals surface area contributed by atoms with Crippen LogP contribution in [0.1, 0.15) is 152 Å². The summed E-state index contributed by atoms with van der Waals surface area (Å²) in [6, 6.07) is 5.30. The van der Waals surface area contributed by atoms with E-state index in [1.54, 1.807) is 55.4 Å². The minimum absolute atomic E-state index is 0.121. The molecule has 1 aromatic carbocycles. The molecule has 58 heavy (non-hydrogen) atoms. The van der Waals surface area contributed by atoms with Crippen molar-refractivity contribution >= 4 is 23.9 Å². The number of aliphatic hydroxyl groups excluding tert-OH is 3. The Morgan fingerprint density at radius 3 is 1.72 bits per heavy atom. The number of amides is 3. The van der Waals surface area contributed by atoms with E-state index >= 15 is 0 Å². The second kappa shape index (κ2) is 28.3. The number of aliphatic hydroxyl groups is 3. The molecule has 9 atom stereocenters. The second-order valence-electron chi connectivity index (χ2n) is 17.4. The van der Waals surface area contributed by atoms with Gasteiger partial charge in [-0.2, -0.15) is 0 Å². The van der Waals surface area contributed by atoms with Gasteiger partial charge in [0.1, 0.15) is 23.8 Å². The van der Waals surface area contributed by atoms with Gasteiger partial charge in [0.05, 0.1) is 24.9 Å². The molecule has 1 rings (SSSR count). The third-order valence-electron chi connectivity index (χ3n) is 10.4. The zero-order valence-corrected chi connectivity index (χ0v) is 37.3. The van der Waals surface area contributed by atoms with Gasteiger partial charge in [0.15, 0.2) is 6.04 Å². The third-order valence-corrected chi connectivity index (χ3v) is 10.4. The maximum atomic E-state index is 14.2. The second-order valence-corrected chi connectivity index (χ2v) is 17.4. The van der Waals surface area contributed by atoms with Crippen LogP contribution < -0.4 is 16.0 Å². The lowest BCUT2D eigenvalue weighted by Crippen LogP contribution is -2.61. The number of nitrogens with one attached hydrogen (secondary N) is 3. The normalized spacial score (nSPS) is 16.5. The van der Waals surface area contributed by atoms with Crippen LogP contribution in [-0.2, 0) is 35.2 Å². The molecule has 13 heteroatoms. The van der Waals surface area contributed by atoms with E-state index in [4.69, 9.17) is 14.2 Å². The van der Waals surface area contributed by atoms with Gasteiger partial charge in [0.2, 0.25) is 11.8 Å². The van der Waals surface area contributed by atoms with Crippen molar-refractivity contribution in [2.75, 3.05) is 6.61 Å². The standard InChI is InChI=1S/C45H79N3O10/c1-11-12-13-14-15-16-17-18-19-20-24-27-36(32(5)40(51)31(4)28-49)57-43(54)39(34(7)56-29-35-25-22-21-23-26-35)47-42(53)38(33(6)50)46-41(52)37(30(2)3)48-44(55)58-45(8,9)10/h21-23,25-26,30-34,36-40,49-51H,11-20,24,27-29H2,1-10H3,(H,46,52)(H,47,53)(H,48,55)/t31-,32-,33+,34+,36+,37-,38-,39-,40-/m0/s1. The lowest BCUT2D eigenvalue weighted by Gasteiger charge is -2.33. The van der Waals surface area contributed by atoms with Gasteiger partial charge in [-0.15, -0.1) is 0 Å². The first-order chi connectivity index (χ1) is 27.3. The maximum Gasteiger partial charge on any atom is 0.408 e. The predicted octanol–water partition coefficient (Wildman–Crippen LogP) is 6.73. The SMILES string of the molecule is CCCCCCCCCCCCC[C@@H](OC(=O)[C@@H](NC(=O)[C@@H](NC(=O)[C@@H](NC(=O)OC(C)(C)C)C(C)C)[C@@H](C)O)[C@@H](C)OCc1ccccc1)[C@H](C)[C@@H](O)[C@@H](C)CO. The average molecular weight is 822 g/mol. The number of hydrogen-bond acceptors (Lipinski definition) is 10. The first kappa shape index (κ1) is 52.8. The largest absolute Gasteiger partial charge is 0.460 e. The fraction of sp³-hybridized carbons (Fsp3) is 0.778. The monoisotopic (exact) mass is 822 g/mol. The Kier molecular flexibility index (Phi) is 25.7. The molecular weight excluding hydrogens is 743 g/mol. The molecule has 0 fully saturated rings. The van der Waals surface area contributed by atoms with Crippen molar-refractivity contribution in [1.82, 2.24) is 16.0 Å². The summed E-state index contributed by atoms with van der Waals surface area (Å²) in [6.07, 6.45) is 8.22. The van der Waals surface area contributed by atoms with Crippen molar-refractivity contribution in [2.45, 2.75) is 201 Å². The van der Waals surface area contributed by atoms with Crippen LogP contribution in [0.15, 0.2) is 30.3 Å². The molecule has 0 saturated carbocycles. The van der Waals surface area contributed by atoms with E-state index in [0.29, 0.717) is 6.42 Å². The zero-order chi connectivity index (χ0) is 43.8. The molecule has 0 aromatic heterocycles. The summed E-state index contributed by atoms with van der Waals surface area (Å²) in [5.74, 6) is -3.83. The molecule has 6 N–H and O–H groups in total. The quantitative estimate of drug-likeness (QED) is 0.0373. The van der Waals surface area contributed by atoms with Crippen LogP contribution in [0.2, 0.25) is 0 Å². The maximum absolute atomic E-state index is 14.2. The van der Waals surface area contributed by atoms with Crippen LogP contribution in [0, 0.1) is 17.8 Å². The van der Waals surface area contributed by atoms with Crippen molar-refractivity contribution in [2.24, 2.45) is 17.8 Å². The number of benzene rings is 1. The van der Waals surface area contributed by atoms with Gasteiger partial charge in [-0.3, -0.25) is 9.59 Å². The Labute approximate surface area is 349 Å². The van der Waals surface area contributed by atoms with E-state index in [2.05, 4.69) is 22.9 Å². The Morgan fingerprint density at radius 2 is 1.22 bits per heavy atom. The molecule has 0 saturated heterocycles. The van der Waals surface area contributed by atoms with E-state index in [1.165, 1.54) is 51.9 Å². The third kappa shape index (κ3) is 21.1. The number of alkyl carbamates (subject to hydrolysis) is 1. The van der Waals surface area contributed by atoms with Crippen LogP contribution in [-0.4, -0.2) is 93.9 Å². The first-order valence-electron chi connectivity index (χ1n) is 21.8. The zero-order valence-electron chi connectivity index (χ0n) is 37.3. The van der Waals surface area contributed by atoms with Gasteiger partial charge >= 0.3 is 12.1 Å². The summed E-state index contributed by atoms with van der Waals surface area (Å²) in [7, 11) is 0. The smallest absolute Gasteiger partial charge is 0.408 e. The fourth-order valence-electron chi connectivity index (χ4n) is 6.63. The number of rotatable bonds is 29. The Morgan fingerprint density at radius 1 is 0.707 bits per heavy atom.